The normalized spacial score (nSPS) is 11.2. The van der Waals surface area contributed by atoms with Gasteiger partial charge in [-0.15, -0.1) is 0 Å². The van der Waals surface area contributed by atoms with E-state index in [9.17, 15) is 0 Å². The number of hydrogen-bond donors (Lipinski definition) is 0. The van der Waals surface area contributed by atoms with Crippen LogP contribution in [0.25, 0.3) is 0 Å². The summed E-state index contributed by atoms with van der Waals surface area (Å²) >= 11 is 0. The predicted molar refractivity (Wildman–Crippen MR) is 44.9 cm³/mol. The molecule has 0 aromatic rings. The van der Waals surface area contributed by atoms with Crippen molar-refractivity contribution >= 4 is 0 Å². The number of ether oxygens (including phenoxy) is 1. The SMILES string of the molecule is CCCC/C=C/OC(C)C. The maximum Gasteiger partial charge on any atom is 0.0922 e. The molecule has 0 heterocycles. The summed E-state index contributed by atoms with van der Waals surface area (Å²) in [6, 6.07) is 0. The van der Waals surface area contributed by atoms with E-state index >= 15 is 0 Å². The van der Waals surface area contributed by atoms with E-state index in [1.807, 2.05) is 13.8 Å². The molecular weight excluding hydrogens is 124 g/mol. The first-order valence-electron chi connectivity index (χ1n) is 4.07. The maximum absolute atomic E-state index is 5.21. The van der Waals surface area contributed by atoms with E-state index in [-0.39, 0.29) is 0 Å². The van der Waals surface area contributed by atoms with Crippen LogP contribution in [0.1, 0.15) is 40.0 Å². The summed E-state index contributed by atoms with van der Waals surface area (Å²) < 4.78 is 5.21. The minimum Gasteiger partial charge on any atom is -0.499 e. The molecule has 0 N–H and O–H groups in total. The topological polar surface area (TPSA) is 9.23 Å². The van der Waals surface area contributed by atoms with E-state index in [1.54, 1.807) is 6.26 Å². The zero-order valence-corrected chi connectivity index (χ0v) is 7.26. The third-order valence-corrected chi connectivity index (χ3v) is 1.17. The fraction of sp³-hybridized carbons (Fsp3) is 0.778. The zero-order chi connectivity index (χ0) is 7.82. The molecular formula is C9H18O. The molecule has 0 saturated carbocycles. The van der Waals surface area contributed by atoms with Crippen molar-refractivity contribution in [3.8, 4) is 0 Å². The van der Waals surface area contributed by atoms with Crippen molar-refractivity contribution < 1.29 is 4.74 Å². The second kappa shape index (κ2) is 6.66. The Labute approximate surface area is 64.1 Å². The Morgan fingerprint density at radius 1 is 1.40 bits per heavy atom. The number of rotatable bonds is 5. The quantitative estimate of drug-likeness (QED) is 0.423. The van der Waals surface area contributed by atoms with Gasteiger partial charge in [0, 0.05) is 0 Å². The second-order valence-electron chi connectivity index (χ2n) is 2.70. The average molecular weight is 142 g/mol. The molecule has 0 aromatic heterocycles. The number of hydrogen-bond acceptors (Lipinski definition) is 1. The van der Waals surface area contributed by atoms with Gasteiger partial charge < -0.3 is 4.74 Å². The molecule has 0 aliphatic carbocycles. The first kappa shape index (κ1) is 9.54. The molecule has 0 aliphatic heterocycles. The Morgan fingerprint density at radius 2 is 2.10 bits per heavy atom. The van der Waals surface area contributed by atoms with E-state index < -0.39 is 0 Å². The highest BCUT2D eigenvalue weighted by molar-refractivity contribution is 4.73. The van der Waals surface area contributed by atoms with Gasteiger partial charge in [-0.1, -0.05) is 13.3 Å². The summed E-state index contributed by atoms with van der Waals surface area (Å²) in [4.78, 5) is 0. The summed E-state index contributed by atoms with van der Waals surface area (Å²) in [6.45, 7) is 6.26. The summed E-state index contributed by atoms with van der Waals surface area (Å²) in [5, 5.41) is 0. The highest BCUT2D eigenvalue weighted by Gasteiger charge is 1.84. The predicted octanol–water partition coefficient (Wildman–Crippen LogP) is 3.12. The lowest BCUT2D eigenvalue weighted by atomic mass is 10.2. The Hall–Kier alpha value is -0.460. The van der Waals surface area contributed by atoms with Crippen molar-refractivity contribution in [2.75, 3.05) is 0 Å². The van der Waals surface area contributed by atoms with Gasteiger partial charge in [0.05, 0.1) is 12.4 Å². The lowest BCUT2D eigenvalue weighted by Crippen LogP contribution is -1.94. The van der Waals surface area contributed by atoms with Gasteiger partial charge in [-0.2, -0.15) is 0 Å². The molecule has 0 fully saturated rings. The van der Waals surface area contributed by atoms with Crippen molar-refractivity contribution in [2.24, 2.45) is 0 Å². The van der Waals surface area contributed by atoms with Crippen LogP contribution in [-0.4, -0.2) is 6.10 Å². The highest BCUT2D eigenvalue weighted by atomic mass is 16.5. The average Bonchev–Trinajstić information content (AvgIpc) is 1.87. The smallest absolute Gasteiger partial charge is 0.0922 e. The van der Waals surface area contributed by atoms with Crippen LogP contribution in [-0.2, 0) is 4.74 Å². The van der Waals surface area contributed by atoms with Crippen LogP contribution in [0.2, 0.25) is 0 Å². The van der Waals surface area contributed by atoms with Gasteiger partial charge in [0.15, 0.2) is 0 Å². The number of allylic oxidation sites excluding steroid dienone is 1. The van der Waals surface area contributed by atoms with Gasteiger partial charge >= 0.3 is 0 Å². The Bertz CT molecular complexity index is 84.7. The van der Waals surface area contributed by atoms with E-state index in [1.165, 1.54) is 12.8 Å². The third-order valence-electron chi connectivity index (χ3n) is 1.17. The molecule has 0 aromatic carbocycles. The van der Waals surface area contributed by atoms with Crippen LogP contribution in [0.15, 0.2) is 12.3 Å². The minimum atomic E-state index is 0.317. The van der Waals surface area contributed by atoms with Crippen molar-refractivity contribution in [3.63, 3.8) is 0 Å². The largest absolute Gasteiger partial charge is 0.499 e. The Balaban J connectivity index is 3.04. The molecule has 10 heavy (non-hydrogen) atoms. The molecule has 60 valence electrons. The van der Waals surface area contributed by atoms with Crippen LogP contribution in [0.4, 0.5) is 0 Å². The van der Waals surface area contributed by atoms with Gasteiger partial charge in [-0.25, -0.2) is 0 Å². The molecule has 0 amide bonds. The first-order chi connectivity index (χ1) is 4.77. The molecule has 0 saturated heterocycles. The molecule has 0 bridgehead atoms. The van der Waals surface area contributed by atoms with E-state index in [0.29, 0.717) is 6.10 Å². The fourth-order valence-corrected chi connectivity index (χ4v) is 0.603. The molecule has 0 unspecified atom stereocenters. The summed E-state index contributed by atoms with van der Waals surface area (Å²) in [5.74, 6) is 0. The second-order valence-corrected chi connectivity index (χ2v) is 2.70. The lowest BCUT2D eigenvalue weighted by Gasteiger charge is -2.01. The molecule has 1 nitrogen and oxygen atoms in total. The number of unbranched alkanes of at least 4 members (excludes halogenated alkanes) is 2. The summed E-state index contributed by atoms with van der Waals surface area (Å²) in [5.41, 5.74) is 0. The molecule has 0 aliphatic rings. The van der Waals surface area contributed by atoms with Crippen LogP contribution in [0.3, 0.4) is 0 Å². The van der Waals surface area contributed by atoms with Crippen LogP contribution < -0.4 is 0 Å². The monoisotopic (exact) mass is 142 g/mol. The molecule has 0 spiro atoms. The minimum absolute atomic E-state index is 0.317. The molecule has 1 heteroatoms. The van der Waals surface area contributed by atoms with Gasteiger partial charge in [0.1, 0.15) is 0 Å². The van der Waals surface area contributed by atoms with Crippen molar-refractivity contribution in [2.45, 2.75) is 46.1 Å². The molecule has 0 rings (SSSR count). The van der Waals surface area contributed by atoms with Crippen molar-refractivity contribution in [1.29, 1.82) is 0 Å². The van der Waals surface area contributed by atoms with Crippen LogP contribution in [0.5, 0.6) is 0 Å². The Morgan fingerprint density at radius 3 is 2.60 bits per heavy atom. The maximum atomic E-state index is 5.21. The van der Waals surface area contributed by atoms with Gasteiger partial charge in [-0.05, 0) is 32.8 Å². The van der Waals surface area contributed by atoms with Gasteiger partial charge in [0.2, 0.25) is 0 Å². The van der Waals surface area contributed by atoms with E-state index in [2.05, 4.69) is 13.0 Å². The van der Waals surface area contributed by atoms with Gasteiger partial charge in [0.25, 0.3) is 0 Å². The van der Waals surface area contributed by atoms with Crippen molar-refractivity contribution in [1.82, 2.24) is 0 Å². The third kappa shape index (κ3) is 7.54. The van der Waals surface area contributed by atoms with E-state index in [0.717, 1.165) is 6.42 Å². The molecule has 0 atom stereocenters. The van der Waals surface area contributed by atoms with Gasteiger partial charge in [-0.3, -0.25) is 0 Å². The van der Waals surface area contributed by atoms with E-state index in [4.69, 9.17) is 4.74 Å². The molecule has 0 radical (unpaired) electrons. The zero-order valence-electron chi connectivity index (χ0n) is 7.26. The standard InChI is InChI=1S/C9H18O/c1-4-5-6-7-8-10-9(2)3/h7-9H,4-6H2,1-3H3/b8-7+. The fourth-order valence-electron chi connectivity index (χ4n) is 0.603. The van der Waals surface area contributed by atoms with Crippen molar-refractivity contribution in [3.05, 3.63) is 12.3 Å². The summed E-state index contributed by atoms with van der Waals surface area (Å²) in [7, 11) is 0. The Kier molecular flexibility index (Phi) is 6.35. The van der Waals surface area contributed by atoms with Crippen LogP contribution in [0, 0.1) is 0 Å². The first-order valence-corrected chi connectivity index (χ1v) is 4.07. The van der Waals surface area contributed by atoms with Crippen LogP contribution >= 0.6 is 0 Å². The summed E-state index contributed by atoms with van der Waals surface area (Å²) in [6.07, 6.45) is 7.87. The lowest BCUT2D eigenvalue weighted by molar-refractivity contribution is 0.178. The highest BCUT2D eigenvalue weighted by Crippen LogP contribution is 1.96.